The molecule has 0 amide bonds. The number of benzene rings is 8. The molecule has 4 heterocycles. The van der Waals surface area contributed by atoms with Gasteiger partial charge >= 0.3 is 5.97 Å². The van der Waals surface area contributed by atoms with Gasteiger partial charge in [-0.1, -0.05) is 198 Å². The van der Waals surface area contributed by atoms with Gasteiger partial charge in [-0.05, 0) is 119 Å². The van der Waals surface area contributed by atoms with E-state index in [2.05, 4.69) is 125 Å². The van der Waals surface area contributed by atoms with Gasteiger partial charge in [0.25, 0.3) is 0 Å². The van der Waals surface area contributed by atoms with Crippen LogP contribution >= 0.6 is 15.9 Å². The summed E-state index contributed by atoms with van der Waals surface area (Å²) in [6.45, 7) is 5.60. The fourth-order valence-electron chi connectivity index (χ4n) is 12.4. The van der Waals surface area contributed by atoms with Gasteiger partial charge in [-0.3, -0.25) is 4.79 Å². The van der Waals surface area contributed by atoms with Crippen molar-refractivity contribution in [1.29, 1.82) is 0 Å². The fourth-order valence-corrected chi connectivity index (χ4v) is 12.6. The highest BCUT2D eigenvalue weighted by molar-refractivity contribution is 9.10. The van der Waals surface area contributed by atoms with Gasteiger partial charge in [-0.2, -0.15) is 0 Å². The van der Waals surface area contributed by atoms with Gasteiger partial charge < -0.3 is 62.7 Å². The Labute approximate surface area is 540 Å². The molecule has 8 aromatic carbocycles. The van der Waals surface area contributed by atoms with E-state index in [1.807, 2.05) is 128 Å². The Hall–Kier alpha value is -7.61. The number of rotatable bonds is 23. The lowest BCUT2D eigenvalue weighted by molar-refractivity contribution is -0.289. The molecule has 2 aliphatic heterocycles. The first-order valence-electron chi connectivity index (χ1n) is 31.0. The highest BCUT2D eigenvalue weighted by Gasteiger charge is 2.50. The molecule has 2 aliphatic rings. The molecule has 0 saturated carbocycles. The van der Waals surface area contributed by atoms with Crippen molar-refractivity contribution in [3.8, 4) is 0 Å². The van der Waals surface area contributed by atoms with Crippen molar-refractivity contribution in [2.24, 2.45) is 0 Å². The SMILES string of the molecule is COC(=O)CCc1ccc(Cc2cn([C@@H]3O[C@H](CO)[C@@H](O)[C@H](O)[C@H]3O)c3cccc(C)c23)cc1.Cc1cccc2c1c(Cc1ccc(Br)cc1)cn2[C@@H]1O[C@H](COCc2ccccc2)[C@@H](OCc2ccccc2)[C@H](OCc2ccccc2)[C@H]1OCc1ccccc1. The summed E-state index contributed by atoms with van der Waals surface area (Å²) in [5.74, 6) is -0.236. The average Bonchev–Trinajstić information content (AvgIpc) is 1.75. The van der Waals surface area contributed by atoms with Crippen LogP contribution in [0.1, 0.15) is 80.1 Å². The van der Waals surface area contributed by atoms with Gasteiger partial charge in [-0.25, -0.2) is 0 Å². The Kier molecular flexibility index (Phi) is 22.2. The molecule has 10 aromatic rings. The highest BCUT2D eigenvalue weighted by Crippen LogP contribution is 2.41. The molecule has 4 N–H and O–H groups in total. The number of aliphatic hydroxyl groups excluding tert-OH is 4. The molecule has 2 saturated heterocycles. The topological polar surface area (TPSA) is 172 Å². The van der Waals surface area contributed by atoms with Crippen molar-refractivity contribution >= 4 is 43.7 Å². The molecule has 14 nitrogen and oxygen atoms in total. The molecule has 0 unspecified atom stereocenters. The van der Waals surface area contributed by atoms with Crippen LogP contribution in [0.25, 0.3) is 21.8 Å². The predicted molar refractivity (Wildman–Crippen MR) is 354 cm³/mol. The third-order valence-corrected chi connectivity index (χ3v) is 17.7. The molecule has 12 rings (SSSR count). The zero-order chi connectivity index (χ0) is 63.2. The first-order chi connectivity index (χ1) is 44.4. The van der Waals surface area contributed by atoms with Crippen molar-refractivity contribution in [3.05, 3.63) is 284 Å². The summed E-state index contributed by atoms with van der Waals surface area (Å²) in [5, 5.41) is 42.9. The number of ether oxygens (including phenoxy) is 7. The largest absolute Gasteiger partial charge is 0.469 e. The fraction of sp³-hybridized carbons (Fsp3) is 0.303. The normalized spacial score (nSPS) is 21.5. The lowest BCUT2D eigenvalue weighted by Crippen LogP contribution is -2.59. The lowest BCUT2D eigenvalue weighted by atomic mass is 9.96. The van der Waals surface area contributed by atoms with E-state index in [9.17, 15) is 25.2 Å². The smallest absolute Gasteiger partial charge is 0.305 e. The molecule has 472 valence electrons. The molecule has 10 atom stereocenters. The van der Waals surface area contributed by atoms with Crippen LogP contribution in [0.4, 0.5) is 0 Å². The van der Waals surface area contributed by atoms with Crippen molar-refractivity contribution in [2.45, 2.75) is 127 Å². The second-order valence-corrected chi connectivity index (χ2v) is 24.4. The molecule has 91 heavy (non-hydrogen) atoms. The van der Waals surface area contributed by atoms with Crippen molar-refractivity contribution in [3.63, 3.8) is 0 Å². The maximum Gasteiger partial charge on any atom is 0.305 e. The lowest BCUT2D eigenvalue weighted by Gasteiger charge is -2.46. The van der Waals surface area contributed by atoms with Crippen molar-refractivity contribution < 1.29 is 58.4 Å². The number of hydrogen-bond donors (Lipinski definition) is 4. The minimum absolute atomic E-state index is 0.236. The number of hydrogen-bond acceptors (Lipinski definition) is 12. The third-order valence-electron chi connectivity index (χ3n) is 17.1. The molecule has 2 aromatic heterocycles. The summed E-state index contributed by atoms with van der Waals surface area (Å²) in [7, 11) is 1.38. The van der Waals surface area contributed by atoms with E-state index < -0.39 is 67.9 Å². The number of nitrogens with zero attached hydrogens (tertiary/aromatic N) is 2. The first kappa shape index (κ1) is 64.9. The Morgan fingerprint density at radius 2 is 0.912 bits per heavy atom. The highest BCUT2D eigenvalue weighted by atomic mass is 79.9. The number of aryl methyl sites for hydroxylation is 3. The number of carbonyl (C=O) groups excluding carboxylic acids is 1. The number of fused-ring (bicyclic) bond motifs is 2. The Bertz CT molecular complexity index is 3900. The summed E-state index contributed by atoms with van der Waals surface area (Å²) in [6.07, 6.45) is -2.33. The van der Waals surface area contributed by atoms with Gasteiger partial charge in [0.15, 0.2) is 12.5 Å². The summed E-state index contributed by atoms with van der Waals surface area (Å²) in [4.78, 5) is 11.4. The molecule has 15 heteroatoms. The molecule has 0 bridgehead atoms. The van der Waals surface area contributed by atoms with Crippen LogP contribution < -0.4 is 0 Å². The number of aromatic nitrogens is 2. The van der Waals surface area contributed by atoms with Gasteiger partial charge in [0.05, 0.1) is 57.8 Å². The number of methoxy groups -OCH3 is 1. The minimum atomic E-state index is -1.45. The van der Waals surface area contributed by atoms with E-state index in [0.29, 0.717) is 52.3 Å². The molecule has 0 aliphatic carbocycles. The summed E-state index contributed by atoms with van der Waals surface area (Å²) < 4.78 is 50.5. The van der Waals surface area contributed by atoms with Crippen molar-refractivity contribution in [2.75, 3.05) is 20.3 Å². The van der Waals surface area contributed by atoms with E-state index in [1.54, 1.807) is 4.57 Å². The number of aliphatic hydroxyl groups is 4. The van der Waals surface area contributed by atoms with E-state index in [1.165, 1.54) is 29.2 Å². The Morgan fingerprint density at radius 3 is 1.41 bits per heavy atom. The Balaban J connectivity index is 0.000000213. The maximum atomic E-state index is 11.4. The molecule has 2 fully saturated rings. The molecule has 0 spiro atoms. The Morgan fingerprint density at radius 1 is 0.473 bits per heavy atom. The summed E-state index contributed by atoms with van der Waals surface area (Å²) >= 11 is 3.61. The standard InChI is InChI=1S/C50H48BrNO5.C26H31NO7/c1-36-15-14-24-44-46(36)42(29-37-25-27-43(51)28-26-37)30-52(44)50-49(56-34-41-22-12-5-13-23-41)48(55-33-40-20-10-4-11-21-40)47(54-32-39-18-8-3-9-19-39)45(57-50)35-53-31-38-16-6-2-7-17-38;1-15-4-3-5-19-22(15)18(12-17-8-6-16(7-9-17)10-11-21(29)33-2)13-27(19)26-25(32)24(31)23(30)20(14-28)34-26/h2-28,30,45,47-50H,29,31-35H2,1H3;3-9,13,20,23-26,28,30-32H,10-12,14H2,1-2H3/t45-,47-,48+,49-,50-;20-,23-,24+,25-,26-/m11/s1. The van der Waals surface area contributed by atoms with Crippen LogP contribution in [0, 0.1) is 13.8 Å². The van der Waals surface area contributed by atoms with E-state index in [4.69, 9.17) is 33.2 Å². The second kappa shape index (κ2) is 31.1. The number of halogens is 1. The summed E-state index contributed by atoms with van der Waals surface area (Å²) in [5.41, 5.74) is 14.1. The second-order valence-electron chi connectivity index (χ2n) is 23.5. The number of esters is 1. The van der Waals surface area contributed by atoms with E-state index in [-0.39, 0.29) is 5.97 Å². The number of carbonyl (C=O) groups is 1. The van der Waals surface area contributed by atoms with Gasteiger partial charge in [0.1, 0.15) is 48.8 Å². The zero-order valence-electron chi connectivity index (χ0n) is 51.5. The zero-order valence-corrected chi connectivity index (χ0v) is 53.0. The van der Waals surface area contributed by atoms with Gasteiger partial charge in [0, 0.05) is 34.1 Å². The minimum Gasteiger partial charge on any atom is -0.469 e. The summed E-state index contributed by atoms with van der Waals surface area (Å²) in [6, 6.07) is 70.0. The average molecular weight is 1290 g/mol. The van der Waals surface area contributed by atoms with Gasteiger partial charge in [-0.15, -0.1) is 0 Å². The molecular formula is C76H79BrN2O12. The van der Waals surface area contributed by atoms with Crippen molar-refractivity contribution in [1.82, 2.24) is 9.13 Å². The van der Waals surface area contributed by atoms with Gasteiger partial charge in [0.2, 0.25) is 0 Å². The van der Waals surface area contributed by atoms with Crippen LogP contribution in [0.2, 0.25) is 0 Å². The van der Waals surface area contributed by atoms with Crippen LogP contribution in [-0.4, -0.2) is 105 Å². The predicted octanol–water partition coefficient (Wildman–Crippen LogP) is 12.8. The van der Waals surface area contributed by atoms with Crippen LogP contribution in [0.3, 0.4) is 0 Å². The molecule has 0 radical (unpaired) electrons. The first-order valence-corrected chi connectivity index (χ1v) is 31.8. The molecular weight excluding hydrogens is 1210 g/mol. The van der Waals surface area contributed by atoms with Crippen LogP contribution in [0.15, 0.2) is 223 Å². The quantitative estimate of drug-likeness (QED) is 0.0447. The van der Waals surface area contributed by atoms with E-state index >= 15 is 0 Å². The maximum absolute atomic E-state index is 11.4. The van der Waals surface area contributed by atoms with Crippen LogP contribution in [-0.2, 0) is 83.6 Å². The monoisotopic (exact) mass is 1290 g/mol. The van der Waals surface area contributed by atoms with E-state index in [0.717, 1.165) is 71.8 Å². The van der Waals surface area contributed by atoms with Crippen LogP contribution in [0.5, 0.6) is 0 Å². The third kappa shape index (κ3) is 16.0.